The summed E-state index contributed by atoms with van der Waals surface area (Å²) < 4.78 is 18.2. The van der Waals surface area contributed by atoms with E-state index in [2.05, 4.69) is 5.16 Å². The lowest BCUT2D eigenvalue weighted by Crippen LogP contribution is -1.90. The molecule has 0 bridgehead atoms. The van der Waals surface area contributed by atoms with Crippen LogP contribution in [0.25, 0.3) is 22.4 Å². The van der Waals surface area contributed by atoms with Gasteiger partial charge in [-0.15, -0.1) is 0 Å². The van der Waals surface area contributed by atoms with E-state index >= 15 is 0 Å². The number of nitrogen functional groups attached to an aromatic ring is 1. The van der Waals surface area contributed by atoms with Crippen LogP contribution in [-0.2, 0) is 0 Å². The van der Waals surface area contributed by atoms with Gasteiger partial charge in [0.2, 0.25) is 5.88 Å². The summed E-state index contributed by atoms with van der Waals surface area (Å²) in [5, 5.41) is 4.69. The van der Waals surface area contributed by atoms with Gasteiger partial charge >= 0.3 is 0 Å². The number of anilines is 1. The number of rotatable bonds is 2. The second kappa shape index (κ2) is 5.22. The van der Waals surface area contributed by atoms with Crippen molar-refractivity contribution in [1.82, 2.24) is 5.16 Å². The van der Waals surface area contributed by atoms with Crippen molar-refractivity contribution < 1.29 is 8.91 Å². The van der Waals surface area contributed by atoms with Crippen LogP contribution in [0.2, 0.25) is 5.02 Å². The Hall–Kier alpha value is -2.33. The monoisotopic (exact) mass is 302 g/mol. The molecule has 3 rings (SSSR count). The van der Waals surface area contributed by atoms with Crippen LogP contribution in [0.15, 0.2) is 47.0 Å². The fraction of sp³-hybridized carbons (Fsp3) is 0.0625. The Morgan fingerprint density at radius 3 is 2.52 bits per heavy atom. The zero-order valence-electron chi connectivity index (χ0n) is 11.2. The first kappa shape index (κ1) is 13.6. The van der Waals surface area contributed by atoms with Gasteiger partial charge in [0.05, 0.1) is 5.56 Å². The van der Waals surface area contributed by atoms with Crippen LogP contribution in [0.5, 0.6) is 0 Å². The van der Waals surface area contributed by atoms with E-state index in [-0.39, 0.29) is 11.7 Å². The Morgan fingerprint density at radius 1 is 1.14 bits per heavy atom. The minimum atomic E-state index is -0.307. The summed E-state index contributed by atoms with van der Waals surface area (Å²) in [6.45, 7) is 1.93. The van der Waals surface area contributed by atoms with Gasteiger partial charge in [0.1, 0.15) is 11.5 Å². The number of nitrogens with zero attached hydrogens (tertiary/aromatic N) is 1. The predicted molar refractivity (Wildman–Crippen MR) is 81.5 cm³/mol. The summed E-state index contributed by atoms with van der Waals surface area (Å²) in [5.74, 6) is -0.107. The van der Waals surface area contributed by atoms with Crippen LogP contribution >= 0.6 is 11.6 Å². The van der Waals surface area contributed by atoms with Gasteiger partial charge in [-0.05, 0) is 42.3 Å². The minimum Gasteiger partial charge on any atom is -0.367 e. The van der Waals surface area contributed by atoms with Crippen LogP contribution in [0, 0.1) is 12.7 Å². The summed E-state index contributed by atoms with van der Waals surface area (Å²) in [7, 11) is 0. The topological polar surface area (TPSA) is 52.0 Å². The summed E-state index contributed by atoms with van der Waals surface area (Å²) in [4.78, 5) is 0. The molecule has 0 spiro atoms. The van der Waals surface area contributed by atoms with E-state index in [0.717, 1.165) is 16.7 Å². The molecule has 1 heterocycles. The molecular formula is C16H12ClFN2O. The van der Waals surface area contributed by atoms with Gasteiger partial charge in [-0.25, -0.2) is 4.39 Å². The normalized spacial score (nSPS) is 10.8. The van der Waals surface area contributed by atoms with Gasteiger partial charge in [0.25, 0.3) is 0 Å². The van der Waals surface area contributed by atoms with Gasteiger partial charge in [0.15, 0.2) is 0 Å². The van der Waals surface area contributed by atoms with Gasteiger partial charge in [-0.2, -0.15) is 0 Å². The highest BCUT2D eigenvalue weighted by Gasteiger charge is 2.18. The highest BCUT2D eigenvalue weighted by Crippen LogP contribution is 2.37. The molecule has 0 amide bonds. The van der Waals surface area contributed by atoms with Crippen molar-refractivity contribution in [2.45, 2.75) is 6.92 Å². The van der Waals surface area contributed by atoms with Crippen molar-refractivity contribution in [1.29, 1.82) is 0 Å². The molecule has 3 aromatic rings. The van der Waals surface area contributed by atoms with E-state index in [1.807, 2.05) is 19.1 Å². The van der Waals surface area contributed by atoms with E-state index < -0.39 is 0 Å². The molecule has 3 nitrogen and oxygen atoms in total. The van der Waals surface area contributed by atoms with Crippen molar-refractivity contribution in [3.05, 3.63) is 58.9 Å². The molecule has 0 atom stereocenters. The standard InChI is InChI=1S/C16H12ClFN2O/c1-9-8-11(17)4-7-13(9)15-14(16(19)21-20-15)10-2-5-12(18)6-3-10/h2-8H,19H2,1H3. The maximum atomic E-state index is 13.1. The average Bonchev–Trinajstić information content (AvgIpc) is 2.82. The lowest BCUT2D eigenvalue weighted by atomic mass is 9.98. The first-order valence-corrected chi connectivity index (χ1v) is 6.71. The molecule has 106 valence electrons. The average molecular weight is 303 g/mol. The molecule has 2 N–H and O–H groups in total. The highest BCUT2D eigenvalue weighted by atomic mass is 35.5. The maximum Gasteiger partial charge on any atom is 0.230 e. The molecule has 5 heteroatoms. The summed E-state index contributed by atoms with van der Waals surface area (Å²) >= 11 is 5.97. The van der Waals surface area contributed by atoms with E-state index in [0.29, 0.717) is 16.3 Å². The molecule has 0 unspecified atom stereocenters. The molecular weight excluding hydrogens is 291 g/mol. The minimum absolute atomic E-state index is 0.200. The molecule has 0 saturated heterocycles. The molecule has 0 aliphatic rings. The smallest absolute Gasteiger partial charge is 0.230 e. The third-order valence-corrected chi connectivity index (χ3v) is 3.53. The molecule has 0 aliphatic heterocycles. The number of hydrogen-bond acceptors (Lipinski definition) is 3. The number of nitrogens with two attached hydrogens (primary N) is 1. The van der Waals surface area contributed by atoms with Crippen LogP contribution in [-0.4, -0.2) is 5.16 Å². The lowest BCUT2D eigenvalue weighted by molar-refractivity contribution is 0.439. The molecule has 2 aromatic carbocycles. The van der Waals surface area contributed by atoms with Gasteiger partial charge < -0.3 is 10.3 Å². The number of halogens is 2. The molecule has 1 aromatic heterocycles. The molecule has 0 fully saturated rings. The summed E-state index contributed by atoms with van der Waals surface area (Å²) in [5.41, 5.74) is 9.73. The SMILES string of the molecule is Cc1cc(Cl)ccc1-c1noc(N)c1-c1ccc(F)cc1. The number of hydrogen-bond donors (Lipinski definition) is 1. The van der Waals surface area contributed by atoms with Crippen LogP contribution in [0.4, 0.5) is 10.3 Å². The first-order valence-electron chi connectivity index (χ1n) is 6.34. The summed E-state index contributed by atoms with van der Waals surface area (Å²) in [6.07, 6.45) is 0. The van der Waals surface area contributed by atoms with E-state index in [1.165, 1.54) is 12.1 Å². The summed E-state index contributed by atoms with van der Waals surface area (Å²) in [6, 6.07) is 11.5. The Kier molecular flexibility index (Phi) is 3.39. The zero-order chi connectivity index (χ0) is 15.0. The van der Waals surface area contributed by atoms with Gasteiger partial charge in [-0.3, -0.25) is 0 Å². The van der Waals surface area contributed by atoms with E-state index in [4.69, 9.17) is 21.9 Å². The van der Waals surface area contributed by atoms with Gasteiger partial charge in [-0.1, -0.05) is 35.0 Å². The quantitative estimate of drug-likeness (QED) is 0.747. The van der Waals surface area contributed by atoms with Crippen molar-refractivity contribution in [2.75, 3.05) is 5.73 Å². The molecule has 21 heavy (non-hydrogen) atoms. The van der Waals surface area contributed by atoms with Crippen LogP contribution < -0.4 is 5.73 Å². The lowest BCUT2D eigenvalue weighted by Gasteiger charge is -2.06. The van der Waals surface area contributed by atoms with Crippen LogP contribution in [0.1, 0.15) is 5.56 Å². The first-order chi connectivity index (χ1) is 10.1. The Bertz CT molecular complexity index is 797. The van der Waals surface area contributed by atoms with Crippen molar-refractivity contribution in [2.24, 2.45) is 0 Å². The predicted octanol–water partition coefficient (Wildman–Crippen LogP) is 4.69. The number of benzene rings is 2. The molecule has 0 saturated carbocycles. The maximum absolute atomic E-state index is 13.1. The fourth-order valence-corrected chi connectivity index (χ4v) is 2.50. The van der Waals surface area contributed by atoms with Crippen molar-refractivity contribution in [3.63, 3.8) is 0 Å². The van der Waals surface area contributed by atoms with Crippen molar-refractivity contribution in [3.8, 4) is 22.4 Å². The van der Waals surface area contributed by atoms with E-state index in [1.54, 1.807) is 18.2 Å². The Morgan fingerprint density at radius 2 is 1.86 bits per heavy atom. The molecule has 0 radical (unpaired) electrons. The van der Waals surface area contributed by atoms with Crippen molar-refractivity contribution >= 4 is 17.5 Å². The number of aromatic nitrogens is 1. The highest BCUT2D eigenvalue weighted by molar-refractivity contribution is 6.30. The van der Waals surface area contributed by atoms with Gasteiger partial charge in [0, 0.05) is 10.6 Å². The van der Waals surface area contributed by atoms with Crippen LogP contribution in [0.3, 0.4) is 0 Å². The largest absolute Gasteiger partial charge is 0.367 e. The third-order valence-electron chi connectivity index (χ3n) is 3.29. The molecule has 0 aliphatic carbocycles. The Labute approximate surface area is 126 Å². The number of aryl methyl sites for hydroxylation is 1. The zero-order valence-corrected chi connectivity index (χ0v) is 12.0. The van der Waals surface area contributed by atoms with E-state index in [9.17, 15) is 4.39 Å². The third kappa shape index (κ3) is 2.50. The Balaban J connectivity index is 2.19. The fourth-order valence-electron chi connectivity index (χ4n) is 2.27. The second-order valence-corrected chi connectivity index (χ2v) is 5.17. The second-order valence-electron chi connectivity index (χ2n) is 4.74.